The highest BCUT2D eigenvalue weighted by Crippen LogP contribution is 2.28. The summed E-state index contributed by atoms with van der Waals surface area (Å²) in [4.78, 5) is 2.15. The van der Waals surface area contributed by atoms with Gasteiger partial charge in [0.05, 0.1) is 0 Å². The minimum Gasteiger partial charge on any atom is -0.444 e. The van der Waals surface area contributed by atoms with Crippen molar-refractivity contribution in [2.24, 2.45) is 0 Å². The van der Waals surface area contributed by atoms with Crippen LogP contribution in [0.25, 0.3) is 0 Å². The van der Waals surface area contributed by atoms with Crippen LogP contribution in [0.2, 0.25) is 0 Å². The van der Waals surface area contributed by atoms with Crippen molar-refractivity contribution in [3.63, 3.8) is 0 Å². The van der Waals surface area contributed by atoms with Crippen LogP contribution in [-0.2, 0) is 13.0 Å². The second kappa shape index (κ2) is 2.79. The van der Waals surface area contributed by atoms with E-state index < -0.39 is 0 Å². The smallest absolute Gasteiger partial charge is 0.208 e. The number of anilines is 1. The Morgan fingerprint density at radius 3 is 3.08 bits per heavy atom. The Kier molecular flexibility index (Phi) is 1.74. The molecule has 0 saturated heterocycles. The maximum absolute atomic E-state index is 8.84. The van der Waals surface area contributed by atoms with E-state index in [1.165, 1.54) is 0 Å². The van der Waals surface area contributed by atoms with Crippen molar-refractivity contribution in [1.29, 1.82) is 5.26 Å². The molecule has 2 heterocycles. The van der Waals surface area contributed by atoms with Gasteiger partial charge in [-0.05, 0) is 7.05 Å². The molecule has 0 atom stereocenters. The number of likely N-dealkylation sites (N-methyl/N-ethyl adjacent to an activating group) is 1. The monoisotopic (exact) mass is 177 g/mol. The number of rotatable bonds is 0. The zero-order valence-corrected chi connectivity index (χ0v) is 7.50. The predicted octanol–water partition coefficient (Wildman–Crippen LogP) is 0.721. The molecule has 4 heteroatoms. The van der Waals surface area contributed by atoms with Crippen LogP contribution >= 0.6 is 0 Å². The minimum atomic E-state index is 0.266. The molecule has 0 fully saturated rings. The van der Waals surface area contributed by atoms with Gasteiger partial charge in [0.25, 0.3) is 0 Å². The van der Waals surface area contributed by atoms with E-state index in [0.717, 1.165) is 30.8 Å². The van der Waals surface area contributed by atoms with E-state index >= 15 is 0 Å². The van der Waals surface area contributed by atoms with Gasteiger partial charge in [-0.15, -0.1) is 0 Å². The topological polar surface area (TPSA) is 66.2 Å². The van der Waals surface area contributed by atoms with Crippen LogP contribution in [0.15, 0.2) is 4.42 Å². The predicted molar refractivity (Wildman–Crippen MR) is 47.9 cm³/mol. The Morgan fingerprint density at radius 2 is 2.38 bits per heavy atom. The molecule has 0 aliphatic carbocycles. The molecule has 0 unspecified atom stereocenters. The van der Waals surface area contributed by atoms with Crippen LogP contribution in [0.4, 0.5) is 5.88 Å². The van der Waals surface area contributed by atoms with E-state index in [4.69, 9.17) is 15.4 Å². The Hall–Kier alpha value is -1.47. The summed E-state index contributed by atoms with van der Waals surface area (Å²) in [5.74, 6) is 1.15. The van der Waals surface area contributed by atoms with Gasteiger partial charge in [0.1, 0.15) is 17.4 Å². The standard InChI is InChI=1S/C9H11N3O/c1-12-3-2-8-7(5-12)6(4-10)9(11)13-8/h2-3,5,11H2,1H3. The molecule has 4 nitrogen and oxygen atoms in total. The van der Waals surface area contributed by atoms with Crippen LogP contribution in [-0.4, -0.2) is 18.5 Å². The molecule has 0 amide bonds. The molecular weight excluding hydrogens is 166 g/mol. The summed E-state index contributed by atoms with van der Waals surface area (Å²) in [6.45, 7) is 1.73. The lowest BCUT2D eigenvalue weighted by Gasteiger charge is -2.20. The molecule has 68 valence electrons. The molecule has 1 aliphatic heterocycles. The normalized spacial score (nSPS) is 16.6. The van der Waals surface area contributed by atoms with Gasteiger partial charge in [0, 0.05) is 25.1 Å². The fourth-order valence-corrected chi connectivity index (χ4v) is 1.67. The van der Waals surface area contributed by atoms with Crippen molar-refractivity contribution >= 4 is 5.88 Å². The number of nitrogen functional groups attached to an aromatic ring is 1. The van der Waals surface area contributed by atoms with Gasteiger partial charge in [-0.2, -0.15) is 5.26 Å². The molecule has 0 bridgehead atoms. The molecule has 13 heavy (non-hydrogen) atoms. The van der Waals surface area contributed by atoms with Crippen LogP contribution in [0.3, 0.4) is 0 Å². The zero-order valence-electron chi connectivity index (χ0n) is 7.50. The van der Waals surface area contributed by atoms with Crippen molar-refractivity contribution in [1.82, 2.24) is 4.90 Å². The number of fused-ring (bicyclic) bond motifs is 1. The lowest BCUT2D eigenvalue weighted by atomic mass is 10.1. The minimum absolute atomic E-state index is 0.266. The lowest BCUT2D eigenvalue weighted by molar-refractivity contribution is 0.295. The van der Waals surface area contributed by atoms with Crippen LogP contribution < -0.4 is 5.73 Å². The molecule has 2 rings (SSSR count). The van der Waals surface area contributed by atoms with Crippen molar-refractivity contribution in [3.8, 4) is 6.07 Å². The first-order valence-electron chi connectivity index (χ1n) is 4.21. The lowest BCUT2D eigenvalue weighted by Crippen LogP contribution is -2.25. The number of hydrogen-bond donors (Lipinski definition) is 1. The first-order chi connectivity index (χ1) is 6.22. The molecule has 0 saturated carbocycles. The van der Waals surface area contributed by atoms with Crippen molar-refractivity contribution in [2.45, 2.75) is 13.0 Å². The average Bonchev–Trinajstić information content (AvgIpc) is 2.40. The Labute approximate surface area is 76.5 Å². The van der Waals surface area contributed by atoms with Crippen LogP contribution in [0, 0.1) is 11.3 Å². The summed E-state index contributed by atoms with van der Waals surface area (Å²) in [5.41, 5.74) is 7.05. The Bertz CT molecular complexity index is 375. The van der Waals surface area contributed by atoms with E-state index in [1.54, 1.807) is 0 Å². The largest absolute Gasteiger partial charge is 0.444 e. The quantitative estimate of drug-likeness (QED) is 0.634. The van der Waals surface area contributed by atoms with Crippen LogP contribution in [0.5, 0.6) is 0 Å². The SMILES string of the molecule is CN1CCc2oc(N)c(C#N)c2C1. The fourth-order valence-electron chi connectivity index (χ4n) is 1.67. The van der Waals surface area contributed by atoms with Gasteiger partial charge in [-0.25, -0.2) is 0 Å². The molecule has 1 aliphatic rings. The van der Waals surface area contributed by atoms with E-state index in [-0.39, 0.29) is 5.88 Å². The third-order valence-electron chi connectivity index (χ3n) is 2.38. The maximum atomic E-state index is 8.84. The summed E-state index contributed by atoms with van der Waals surface area (Å²) in [6.07, 6.45) is 0.845. The van der Waals surface area contributed by atoms with Crippen LogP contribution in [0.1, 0.15) is 16.9 Å². The average molecular weight is 177 g/mol. The van der Waals surface area contributed by atoms with E-state index in [1.807, 2.05) is 7.05 Å². The summed E-state index contributed by atoms with van der Waals surface area (Å²) < 4.78 is 5.30. The molecule has 0 radical (unpaired) electrons. The summed E-state index contributed by atoms with van der Waals surface area (Å²) >= 11 is 0. The van der Waals surface area contributed by atoms with Gasteiger partial charge < -0.3 is 15.1 Å². The van der Waals surface area contributed by atoms with Crippen molar-refractivity contribution < 1.29 is 4.42 Å². The van der Waals surface area contributed by atoms with Gasteiger partial charge in [-0.3, -0.25) is 0 Å². The summed E-state index contributed by atoms with van der Waals surface area (Å²) in [7, 11) is 2.02. The zero-order chi connectivity index (χ0) is 9.42. The van der Waals surface area contributed by atoms with Gasteiger partial charge in [0.2, 0.25) is 5.88 Å². The Morgan fingerprint density at radius 1 is 1.62 bits per heavy atom. The van der Waals surface area contributed by atoms with E-state index in [2.05, 4.69) is 11.0 Å². The molecule has 0 aromatic carbocycles. The van der Waals surface area contributed by atoms with Gasteiger partial charge in [-0.1, -0.05) is 0 Å². The number of nitriles is 1. The molecule has 1 aromatic heterocycles. The number of hydrogen-bond acceptors (Lipinski definition) is 4. The number of nitrogens with two attached hydrogens (primary N) is 1. The molecule has 2 N–H and O–H groups in total. The first-order valence-corrected chi connectivity index (χ1v) is 4.21. The molecular formula is C9H11N3O. The highest BCUT2D eigenvalue weighted by Gasteiger charge is 2.23. The second-order valence-corrected chi connectivity index (χ2v) is 3.34. The number of nitrogens with zero attached hydrogens (tertiary/aromatic N) is 2. The highest BCUT2D eigenvalue weighted by atomic mass is 16.4. The Balaban J connectivity index is 2.50. The second-order valence-electron chi connectivity index (χ2n) is 3.34. The third kappa shape index (κ3) is 1.18. The third-order valence-corrected chi connectivity index (χ3v) is 2.38. The summed E-state index contributed by atoms with van der Waals surface area (Å²) in [5, 5.41) is 8.84. The van der Waals surface area contributed by atoms with E-state index in [0.29, 0.717) is 5.56 Å². The highest BCUT2D eigenvalue weighted by molar-refractivity contribution is 5.54. The van der Waals surface area contributed by atoms with E-state index in [9.17, 15) is 0 Å². The number of furan rings is 1. The fraction of sp³-hybridized carbons (Fsp3) is 0.444. The first kappa shape index (κ1) is 8.14. The van der Waals surface area contributed by atoms with Crippen molar-refractivity contribution in [3.05, 3.63) is 16.9 Å². The summed E-state index contributed by atoms with van der Waals surface area (Å²) in [6, 6.07) is 2.08. The molecule has 1 aromatic rings. The maximum Gasteiger partial charge on any atom is 0.208 e. The van der Waals surface area contributed by atoms with Crippen molar-refractivity contribution in [2.75, 3.05) is 19.3 Å². The van der Waals surface area contributed by atoms with Gasteiger partial charge >= 0.3 is 0 Å². The molecule has 0 spiro atoms. The van der Waals surface area contributed by atoms with Gasteiger partial charge in [0.15, 0.2) is 0 Å².